The summed E-state index contributed by atoms with van der Waals surface area (Å²) in [5.41, 5.74) is 0. The first kappa shape index (κ1) is 16.9. The molecule has 0 saturated carbocycles. The predicted molar refractivity (Wildman–Crippen MR) is 71.3 cm³/mol. The van der Waals surface area contributed by atoms with Gasteiger partial charge in [-0.25, -0.2) is 0 Å². The van der Waals surface area contributed by atoms with Crippen molar-refractivity contribution < 1.29 is 14.7 Å². The second kappa shape index (κ2) is 8.91. The highest BCUT2D eigenvalue weighted by atomic mass is 16.4. The first-order chi connectivity index (χ1) is 8.38. The summed E-state index contributed by atoms with van der Waals surface area (Å²) in [5.74, 6) is -1.27. The average Bonchev–Trinajstić information content (AvgIpc) is 2.30. The molecule has 0 aliphatic carbocycles. The Kier molecular flexibility index (Phi) is 8.37. The molecule has 0 aliphatic heterocycles. The number of carboxylic acids is 1. The Hall–Kier alpha value is -1.10. The third-order valence-electron chi connectivity index (χ3n) is 2.78. The Bertz CT molecular complexity index is 267. The van der Waals surface area contributed by atoms with E-state index < -0.39 is 11.9 Å². The van der Waals surface area contributed by atoms with Crippen molar-refractivity contribution in [3.63, 3.8) is 0 Å². The molecule has 0 heterocycles. The predicted octanol–water partition coefficient (Wildman–Crippen LogP) is 1.10. The number of carbonyl (C=O) groups excluding carboxylic acids is 1. The van der Waals surface area contributed by atoms with Gasteiger partial charge >= 0.3 is 5.97 Å². The molecule has 18 heavy (non-hydrogen) atoms. The number of hydrogen-bond acceptors (Lipinski definition) is 3. The Labute approximate surface area is 109 Å². The van der Waals surface area contributed by atoms with Gasteiger partial charge in [-0.05, 0) is 18.9 Å². The molecule has 3 N–H and O–H groups in total. The molecule has 2 atom stereocenters. The van der Waals surface area contributed by atoms with Crippen LogP contribution >= 0.6 is 0 Å². The Morgan fingerprint density at radius 3 is 2.22 bits per heavy atom. The molecular formula is C13H26N2O3. The first-order valence-electron chi connectivity index (χ1n) is 6.59. The average molecular weight is 258 g/mol. The van der Waals surface area contributed by atoms with Gasteiger partial charge in [0.2, 0.25) is 5.91 Å². The molecule has 0 bridgehead atoms. The maximum Gasteiger partial charge on any atom is 0.308 e. The van der Waals surface area contributed by atoms with Crippen molar-refractivity contribution in [2.45, 2.75) is 34.1 Å². The molecule has 0 aromatic heterocycles. The van der Waals surface area contributed by atoms with E-state index in [1.54, 1.807) is 0 Å². The van der Waals surface area contributed by atoms with Crippen molar-refractivity contribution >= 4 is 11.9 Å². The van der Waals surface area contributed by atoms with Crippen molar-refractivity contribution in [2.75, 3.05) is 19.6 Å². The Morgan fingerprint density at radius 1 is 1.17 bits per heavy atom. The van der Waals surface area contributed by atoms with E-state index in [9.17, 15) is 9.59 Å². The number of hydrogen-bond donors (Lipinski definition) is 3. The van der Waals surface area contributed by atoms with Gasteiger partial charge in [-0.15, -0.1) is 0 Å². The minimum Gasteiger partial charge on any atom is -0.481 e. The highest BCUT2D eigenvalue weighted by Gasteiger charge is 2.21. The van der Waals surface area contributed by atoms with Gasteiger partial charge in [0.15, 0.2) is 0 Å². The maximum absolute atomic E-state index is 11.7. The second-order valence-electron chi connectivity index (χ2n) is 5.12. The van der Waals surface area contributed by atoms with Crippen molar-refractivity contribution in [3.8, 4) is 0 Å². The van der Waals surface area contributed by atoms with Crippen LogP contribution in [0.25, 0.3) is 0 Å². The fraction of sp³-hybridized carbons (Fsp3) is 0.846. The summed E-state index contributed by atoms with van der Waals surface area (Å²) in [6, 6.07) is 0. The first-order valence-corrected chi connectivity index (χ1v) is 6.59. The highest BCUT2D eigenvalue weighted by Crippen LogP contribution is 2.11. The summed E-state index contributed by atoms with van der Waals surface area (Å²) in [6.07, 6.45) is 0.581. The lowest BCUT2D eigenvalue weighted by molar-refractivity contribution is -0.142. The smallest absolute Gasteiger partial charge is 0.308 e. The lowest BCUT2D eigenvalue weighted by Gasteiger charge is -2.17. The van der Waals surface area contributed by atoms with E-state index in [0.29, 0.717) is 18.9 Å². The van der Waals surface area contributed by atoms with Gasteiger partial charge in [0, 0.05) is 19.0 Å². The van der Waals surface area contributed by atoms with Crippen molar-refractivity contribution in [3.05, 3.63) is 0 Å². The minimum absolute atomic E-state index is 0.0917. The van der Waals surface area contributed by atoms with Crippen LogP contribution in [0.3, 0.4) is 0 Å². The topological polar surface area (TPSA) is 78.4 Å². The van der Waals surface area contributed by atoms with Gasteiger partial charge in [0.05, 0.1) is 5.92 Å². The van der Waals surface area contributed by atoms with E-state index in [0.717, 1.165) is 6.54 Å². The lowest BCUT2D eigenvalue weighted by Crippen LogP contribution is -2.39. The maximum atomic E-state index is 11.7. The number of carboxylic acid groups (broad SMARTS) is 1. The third kappa shape index (κ3) is 7.27. The summed E-state index contributed by atoms with van der Waals surface area (Å²) in [6.45, 7) is 9.41. The summed E-state index contributed by atoms with van der Waals surface area (Å²) in [5, 5.41) is 14.9. The number of carbonyl (C=O) groups is 2. The summed E-state index contributed by atoms with van der Waals surface area (Å²) >= 11 is 0. The van der Waals surface area contributed by atoms with Crippen LogP contribution in [0.4, 0.5) is 0 Å². The Balaban J connectivity index is 4.10. The van der Waals surface area contributed by atoms with Crippen LogP contribution in [-0.2, 0) is 9.59 Å². The molecule has 0 spiro atoms. The molecule has 0 rings (SSSR count). The molecule has 1 amide bonds. The molecule has 0 aliphatic rings. The van der Waals surface area contributed by atoms with Crippen LogP contribution in [0.15, 0.2) is 0 Å². The zero-order valence-electron chi connectivity index (χ0n) is 11.8. The zero-order chi connectivity index (χ0) is 14.1. The number of nitrogens with one attached hydrogen (secondary N) is 2. The van der Waals surface area contributed by atoms with Crippen molar-refractivity contribution in [1.29, 1.82) is 0 Å². The number of rotatable bonds is 9. The van der Waals surface area contributed by atoms with Gasteiger partial charge in [-0.1, -0.05) is 27.7 Å². The van der Waals surface area contributed by atoms with Crippen molar-refractivity contribution in [2.24, 2.45) is 17.8 Å². The SMILES string of the molecule is CCNCC(C)C(=O)NCC(CC(C)C)C(=O)O. The zero-order valence-corrected chi connectivity index (χ0v) is 11.8. The molecular weight excluding hydrogens is 232 g/mol. The summed E-state index contributed by atoms with van der Waals surface area (Å²) in [4.78, 5) is 22.7. The third-order valence-corrected chi connectivity index (χ3v) is 2.78. The fourth-order valence-corrected chi connectivity index (χ4v) is 1.69. The van der Waals surface area contributed by atoms with E-state index >= 15 is 0 Å². The van der Waals surface area contributed by atoms with Gasteiger partial charge in [0.1, 0.15) is 0 Å². The van der Waals surface area contributed by atoms with Gasteiger partial charge in [-0.3, -0.25) is 9.59 Å². The summed E-state index contributed by atoms with van der Waals surface area (Å²) < 4.78 is 0. The molecule has 0 aromatic carbocycles. The van der Waals surface area contributed by atoms with E-state index in [-0.39, 0.29) is 18.4 Å². The molecule has 0 radical (unpaired) electrons. The quantitative estimate of drug-likeness (QED) is 0.578. The van der Waals surface area contributed by atoms with E-state index in [1.807, 2.05) is 27.7 Å². The molecule has 0 aromatic rings. The molecule has 0 saturated heterocycles. The Morgan fingerprint density at radius 2 is 1.78 bits per heavy atom. The molecule has 2 unspecified atom stereocenters. The van der Waals surface area contributed by atoms with Crippen LogP contribution in [0.5, 0.6) is 0 Å². The molecule has 0 fully saturated rings. The molecule has 5 heteroatoms. The molecule has 106 valence electrons. The van der Waals surface area contributed by atoms with Crippen LogP contribution in [0.2, 0.25) is 0 Å². The fourth-order valence-electron chi connectivity index (χ4n) is 1.69. The second-order valence-corrected chi connectivity index (χ2v) is 5.12. The largest absolute Gasteiger partial charge is 0.481 e. The van der Waals surface area contributed by atoms with Crippen LogP contribution in [-0.4, -0.2) is 36.6 Å². The van der Waals surface area contributed by atoms with E-state index in [4.69, 9.17) is 5.11 Å². The van der Waals surface area contributed by atoms with E-state index in [1.165, 1.54) is 0 Å². The van der Waals surface area contributed by atoms with Crippen LogP contribution < -0.4 is 10.6 Å². The molecule has 5 nitrogen and oxygen atoms in total. The highest BCUT2D eigenvalue weighted by molar-refractivity contribution is 5.79. The normalized spacial score (nSPS) is 14.3. The number of amides is 1. The number of aliphatic carboxylic acids is 1. The van der Waals surface area contributed by atoms with Gasteiger partial charge in [-0.2, -0.15) is 0 Å². The summed E-state index contributed by atoms with van der Waals surface area (Å²) in [7, 11) is 0. The standard InChI is InChI=1S/C13H26N2O3/c1-5-14-7-10(4)12(16)15-8-11(13(17)18)6-9(2)3/h9-11,14H,5-8H2,1-4H3,(H,15,16)(H,17,18). The van der Waals surface area contributed by atoms with E-state index in [2.05, 4.69) is 10.6 Å². The lowest BCUT2D eigenvalue weighted by atomic mass is 9.97. The monoisotopic (exact) mass is 258 g/mol. The van der Waals surface area contributed by atoms with Crippen LogP contribution in [0.1, 0.15) is 34.1 Å². The minimum atomic E-state index is -0.844. The van der Waals surface area contributed by atoms with Gasteiger partial charge < -0.3 is 15.7 Å². The van der Waals surface area contributed by atoms with Crippen molar-refractivity contribution in [1.82, 2.24) is 10.6 Å². The van der Waals surface area contributed by atoms with Gasteiger partial charge in [0.25, 0.3) is 0 Å². The van der Waals surface area contributed by atoms with Crippen LogP contribution in [0, 0.1) is 17.8 Å².